The molecule has 102 valence electrons. The van der Waals surface area contributed by atoms with Gasteiger partial charge in [0.15, 0.2) is 0 Å². The van der Waals surface area contributed by atoms with Gasteiger partial charge in [-0.3, -0.25) is 4.90 Å². The second kappa shape index (κ2) is 6.73. The molecular formula is C14H23BrN2O. The van der Waals surface area contributed by atoms with Crippen molar-refractivity contribution in [1.29, 1.82) is 0 Å². The number of hydrogen-bond acceptors (Lipinski definition) is 3. The Morgan fingerprint density at radius 1 is 1.50 bits per heavy atom. The summed E-state index contributed by atoms with van der Waals surface area (Å²) in [6.07, 6.45) is 6.98. The van der Waals surface area contributed by atoms with E-state index in [1.165, 1.54) is 25.7 Å². The van der Waals surface area contributed by atoms with Crippen LogP contribution >= 0.6 is 15.9 Å². The maximum Gasteiger partial charge on any atom is 0.136 e. The Bertz CT molecular complexity index is 358. The Morgan fingerprint density at radius 2 is 2.22 bits per heavy atom. The molecule has 1 unspecified atom stereocenters. The molecule has 2 rings (SSSR count). The molecule has 1 atom stereocenters. The van der Waals surface area contributed by atoms with E-state index in [4.69, 9.17) is 10.2 Å². The van der Waals surface area contributed by atoms with Crippen LogP contribution in [0, 0.1) is 5.92 Å². The van der Waals surface area contributed by atoms with E-state index in [1.807, 2.05) is 6.07 Å². The third-order valence-electron chi connectivity index (χ3n) is 3.96. The molecule has 1 aliphatic heterocycles. The number of halogens is 1. The topological polar surface area (TPSA) is 42.4 Å². The smallest absolute Gasteiger partial charge is 0.136 e. The number of hydrogen-bond donors (Lipinski definition) is 1. The van der Waals surface area contributed by atoms with Crippen LogP contribution in [0.4, 0.5) is 0 Å². The monoisotopic (exact) mass is 314 g/mol. The van der Waals surface area contributed by atoms with Crippen LogP contribution in [0.15, 0.2) is 21.2 Å². The van der Waals surface area contributed by atoms with E-state index in [9.17, 15) is 0 Å². The Kier molecular flexibility index (Phi) is 5.27. The molecular weight excluding hydrogens is 292 g/mol. The fraction of sp³-hybridized carbons (Fsp3) is 0.714. The largest absolute Gasteiger partial charge is 0.466 e. The highest BCUT2D eigenvalue weighted by Gasteiger charge is 2.27. The molecule has 1 fully saturated rings. The zero-order chi connectivity index (χ0) is 13.0. The number of nitrogens with zero attached hydrogens (tertiary/aromatic N) is 1. The first-order valence-electron chi connectivity index (χ1n) is 6.93. The van der Waals surface area contributed by atoms with Gasteiger partial charge in [-0.15, -0.1) is 0 Å². The summed E-state index contributed by atoms with van der Waals surface area (Å²) in [5.74, 6) is 1.89. The molecule has 18 heavy (non-hydrogen) atoms. The highest BCUT2D eigenvalue weighted by atomic mass is 79.9. The first kappa shape index (κ1) is 14.1. The predicted octanol–water partition coefficient (Wildman–Crippen LogP) is 3.55. The maximum absolute atomic E-state index is 5.93. The van der Waals surface area contributed by atoms with Crippen molar-refractivity contribution in [1.82, 2.24) is 4.90 Å². The molecule has 4 heteroatoms. The number of likely N-dealkylation sites (tertiary alicyclic amines) is 1. The van der Waals surface area contributed by atoms with E-state index in [0.29, 0.717) is 6.54 Å². The van der Waals surface area contributed by atoms with Crippen LogP contribution < -0.4 is 5.73 Å². The molecule has 1 saturated heterocycles. The van der Waals surface area contributed by atoms with Crippen LogP contribution in [0.1, 0.15) is 44.4 Å². The third-order valence-corrected chi connectivity index (χ3v) is 4.61. The molecule has 0 spiro atoms. The molecule has 2 heterocycles. The van der Waals surface area contributed by atoms with Gasteiger partial charge in [0.05, 0.1) is 16.8 Å². The summed E-state index contributed by atoms with van der Waals surface area (Å²) < 4.78 is 6.61. The van der Waals surface area contributed by atoms with Gasteiger partial charge in [0, 0.05) is 6.54 Å². The van der Waals surface area contributed by atoms with Crippen molar-refractivity contribution in [2.45, 2.75) is 38.6 Å². The van der Waals surface area contributed by atoms with Crippen molar-refractivity contribution in [3.05, 3.63) is 22.6 Å². The van der Waals surface area contributed by atoms with E-state index in [1.54, 1.807) is 6.26 Å². The van der Waals surface area contributed by atoms with E-state index < -0.39 is 0 Å². The predicted molar refractivity (Wildman–Crippen MR) is 77.4 cm³/mol. The van der Waals surface area contributed by atoms with Crippen LogP contribution in [0.3, 0.4) is 0 Å². The highest BCUT2D eigenvalue weighted by molar-refractivity contribution is 9.10. The van der Waals surface area contributed by atoms with Crippen molar-refractivity contribution in [2.75, 3.05) is 19.6 Å². The van der Waals surface area contributed by atoms with E-state index in [0.717, 1.165) is 29.2 Å². The fourth-order valence-corrected chi connectivity index (χ4v) is 3.39. The van der Waals surface area contributed by atoms with Crippen LogP contribution in [-0.4, -0.2) is 24.5 Å². The first-order valence-corrected chi connectivity index (χ1v) is 7.72. The average molecular weight is 315 g/mol. The van der Waals surface area contributed by atoms with Gasteiger partial charge in [-0.2, -0.15) is 0 Å². The lowest BCUT2D eigenvalue weighted by Gasteiger charge is -2.36. The van der Waals surface area contributed by atoms with Gasteiger partial charge in [0.2, 0.25) is 0 Å². The summed E-state index contributed by atoms with van der Waals surface area (Å²) in [7, 11) is 0. The first-order chi connectivity index (χ1) is 8.76. The van der Waals surface area contributed by atoms with Gasteiger partial charge in [0.1, 0.15) is 5.76 Å². The minimum Gasteiger partial charge on any atom is -0.466 e. The van der Waals surface area contributed by atoms with Crippen molar-refractivity contribution in [3.63, 3.8) is 0 Å². The van der Waals surface area contributed by atoms with Crippen molar-refractivity contribution in [2.24, 2.45) is 11.7 Å². The Morgan fingerprint density at radius 3 is 2.72 bits per heavy atom. The number of piperidine rings is 1. The summed E-state index contributed by atoms with van der Waals surface area (Å²) in [5, 5.41) is 0. The molecule has 0 saturated carbocycles. The number of rotatable bonds is 5. The van der Waals surface area contributed by atoms with Crippen LogP contribution in [0.2, 0.25) is 0 Å². The van der Waals surface area contributed by atoms with Gasteiger partial charge in [-0.05, 0) is 53.8 Å². The summed E-state index contributed by atoms with van der Waals surface area (Å²) in [6, 6.07) is 2.17. The minimum absolute atomic E-state index is 0.219. The second-order valence-corrected chi connectivity index (χ2v) is 6.01. The molecule has 0 bridgehead atoms. The average Bonchev–Trinajstić information content (AvgIpc) is 2.79. The molecule has 0 aromatic carbocycles. The van der Waals surface area contributed by atoms with Gasteiger partial charge in [-0.1, -0.05) is 19.8 Å². The van der Waals surface area contributed by atoms with Crippen molar-refractivity contribution < 1.29 is 4.42 Å². The van der Waals surface area contributed by atoms with Gasteiger partial charge in [0.25, 0.3) is 0 Å². The maximum atomic E-state index is 5.93. The molecule has 0 radical (unpaired) electrons. The quantitative estimate of drug-likeness (QED) is 0.903. The Hall–Kier alpha value is -0.320. The lowest BCUT2D eigenvalue weighted by atomic mass is 9.91. The SMILES string of the molecule is CCCC1CCN(C(CN)c2occc2Br)CC1. The minimum atomic E-state index is 0.219. The second-order valence-electron chi connectivity index (χ2n) is 5.15. The highest BCUT2D eigenvalue weighted by Crippen LogP contribution is 2.32. The zero-order valence-electron chi connectivity index (χ0n) is 11.1. The van der Waals surface area contributed by atoms with Gasteiger partial charge < -0.3 is 10.2 Å². The van der Waals surface area contributed by atoms with Crippen molar-refractivity contribution in [3.8, 4) is 0 Å². The summed E-state index contributed by atoms with van der Waals surface area (Å²) in [5.41, 5.74) is 5.93. The van der Waals surface area contributed by atoms with E-state index >= 15 is 0 Å². The summed E-state index contributed by atoms with van der Waals surface area (Å²) in [6.45, 7) is 5.17. The van der Waals surface area contributed by atoms with Gasteiger partial charge >= 0.3 is 0 Å². The molecule has 1 aromatic rings. The lowest BCUT2D eigenvalue weighted by molar-refractivity contribution is 0.118. The zero-order valence-corrected chi connectivity index (χ0v) is 12.7. The molecule has 0 amide bonds. The standard InChI is InChI=1S/C14H23BrN2O/c1-2-3-11-4-7-17(8-5-11)13(10-16)14-12(15)6-9-18-14/h6,9,11,13H,2-5,7-8,10,16H2,1H3. The number of furan rings is 1. The molecule has 3 nitrogen and oxygen atoms in total. The van der Waals surface area contributed by atoms with Gasteiger partial charge in [-0.25, -0.2) is 0 Å². The Labute approximate surface area is 118 Å². The lowest BCUT2D eigenvalue weighted by Crippen LogP contribution is -2.39. The van der Waals surface area contributed by atoms with E-state index in [-0.39, 0.29) is 6.04 Å². The van der Waals surface area contributed by atoms with Crippen LogP contribution in [0.25, 0.3) is 0 Å². The number of nitrogens with two attached hydrogens (primary N) is 1. The summed E-state index contributed by atoms with van der Waals surface area (Å²) in [4.78, 5) is 2.47. The molecule has 0 aliphatic carbocycles. The molecule has 2 N–H and O–H groups in total. The third kappa shape index (κ3) is 3.16. The van der Waals surface area contributed by atoms with Crippen molar-refractivity contribution >= 4 is 15.9 Å². The molecule has 1 aliphatic rings. The van der Waals surface area contributed by atoms with Crippen LogP contribution in [0.5, 0.6) is 0 Å². The molecule has 1 aromatic heterocycles. The summed E-state index contributed by atoms with van der Waals surface area (Å²) >= 11 is 3.54. The normalized spacial score (nSPS) is 20.2. The van der Waals surface area contributed by atoms with E-state index in [2.05, 4.69) is 27.8 Å². The fourth-order valence-electron chi connectivity index (χ4n) is 2.93. The Balaban J connectivity index is 1.97. The van der Waals surface area contributed by atoms with Crippen LogP contribution in [-0.2, 0) is 0 Å².